The molecule has 1 atom stereocenters. The van der Waals surface area contributed by atoms with Crippen LogP contribution in [0.4, 0.5) is 0 Å². The Morgan fingerprint density at radius 3 is 2.16 bits per heavy atom. The van der Waals surface area contributed by atoms with E-state index in [-0.39, 0.29) is 17.8 Å². The Morgan fingerprint density at radius 2 is 1.56 bits per heavy atom. The van der Waals surface area contributed by atoms with Gasteiger partial charge in [-0.25, -0.2) is 0 Å². The first-order valence-corrected chi connectivity index (χ1v) is 8.92. The quantitative estimate of drug-likeness (QED) is 0.629. The molecule has 0 spiro atoms. The normalized spacial score (nSPS) is 19.4. The fraction of sp³-hybridized carbons (Fsp3) is 0.263. The molecule has 2 aromatic carbocycles. The van der Waals surface area contributed by atoms with Gasteiger partial charge in [-0.1, -0.05) is 23.2 Å². The van der Waals surface area contributed by atoms with Crippen molar-refractivity contribution >= 4 is 35.0 Å². The summed E-state index contributed by atoms with van der Waals surface area (Å²) in [5, 5.41) is 14.8. The number of carbonyl (C=O) groups excluding carboxylic acids is 1. The van der Waals surface area contributed by atoms with E-state index in [0.717, 1.165) is 19.4 Å². The molecule has 1 saturated heterocycles. The minimum atomic E-state index is -0.130. The lowest BCUT2D eigenvalue weighted by molar-refractivity contribution is -0.546. The number of amides is 1. The third-order valence-electron chi connectivity index (χ3n) is 4.26. The highest BCUT2D eigenvalue weighted by Gasteiger charge is 2.27. The van der Waals surface area contributed by atoms with Crippen LogP contribution in [0.2, 0.25) is 10.0 Å². The molecule has 0 radical (unpaired) electrons. The first kappa shape index (κ1) is 17.8. The Labute approximate surface area is 156 Å². The van der Waals surface area contributed by atoms with Crippen LogP contribution in [-0.4, -0.2) is 40.6 Å². The van der Waals surface area contributed by atoms with Crippen molar-refractivity contribution in [1.82, 2.24) is 5.32 Å². The number of aliphatic hydroxyl groups is 1. The van der Waals surface area contributed by atoms with Gasteiger partial charge >= 0.3 is 5.90 Å². The average molecular weight is 378 g/mol. The predicted molar refractivity (Wildman–Crippen MR) is 100 cm³/mol. The lowest BCUT2D eigenvalue weighted by atomic mass is 10.1. The van der Waals surface area contributed by atoms with Gasteiger partial charge in [-0.05, 0) is 55.0 Å². The Hall–Kier alpha value is -2.04. The Balaban J connectivity index is 1.70. The number of nitrogens with one attached hydrogen (secondary N) is 1. The van der Waals surface area contributed by atoms with Crippen molar-refractivity contribution in [2.75, 3.05) is 13.1 Å². The average Bonchev–Trinajstić information content (AvgIpc) is 2.62. The molecular weight excluding hydrogens is 359 g/mol. The minimum Gasteiger partial charge on any atom is -0.460 e. The van der Waals surface area contributed by atoms with Gasteiger partial charge in [0.25, 0.3) is 5.91 Å². The summed E-state index contributed by atoms with van der Waals surface area (Å²) in [5.41, 5.74) is 1.29. The molecule has 0 saturated carbocycles. The maximum atomic E-state index is 12.4. The van der Waals surface area contributed by atoms with E-state index in [4.69, 9.17) is 23.2 Å². The van der Waals surface area contributed by atoms with Gasteiger partial charge in [0.15, 0.2) is 6.54 Å². The zero-order chi connectivity index (χ0) is 17.8. The molecule has 130 valence electrons. The fourth-order valence-electron chi connectivity index (χ4n) is 2.94. The van der Waals surface area contributed by atoms with Crippen molar-refractivity contribution < 1.29 is 14.5 Å². The molecule has 1 aliphatic rings. The van der Waals surface area contributed by atoms with Crippen LogP contribution < -0.4 is 5.32 Å². The summed E-state index contributed by atoms with van der Waals surface area (Å²) >= 11 is 11.7. The molecule has 1 fully saturated rings. The van der Waals surface area contributed by atoms with Crippen LogP contribution in [0.1, 0.15) is 28.8 Å². The van der Waals surface area contributed by atoms with Crippen LogP contribution in [0, 0.1) is 0 Å². The van der Waals surface area contributed by atoms with Crippen molar-refractivity contribution in [2.24, 2.45) is 0 Å². The molecule has 0 unspecified atom stereocenters. The summed E-state index contributed by atoms with van der Waals surface area (Å²) in [6, 6.07) is 13.8. The standard InChI is InChI=1S/C19H18Cl2N2O2/c20-15-7-3-13(4-8-15)18(24)22-17-2-1-11-23(12-17)19(25)14-5-9-16(21)10-6-14/h3-10,17H,1-2,11-12H2,(H,22,24)/p+1/t17-/m1/s1. The van der Waals surface area contributed by atoms with Crippen LogP contribution >= 0.6 is 23.2 Å². The number of rotatable bonds is 3. The second-order valence-corrected chi connectivity index (χ2v) is 6.97. The van der Waals surface area contributed by atoms with E-state index in [2.05, 4.69) is 5.32 Å². The van der Waals surface area contributed by atoms with Crippen LogP contribution in [-0.2, 0) is 0 Å². The maximum Gasteiger partial charge on any atom is 0.367 e. The largest absolute Gasteiger partial charge is 0.460 e. The second-order valence-electron chi connectivity index (χ2n) is 6.10. The molecule has 0 aliphatic carbocycles. The lowest BCUT2D eigenvalue weighted by Gasteiger charge is -2.22. The number of piperidine rings is 1. The molecule has 2 N–H and O–H groups in total. The van der Waals surface area contributed by atoms with Crippen molar-refractivity contribution in [3.8, 4) is 0 Å². The molecule has 0 bridgehead atoms. The summed E-state index contributed by atoms with van der Waals surface area (Å²) in [7, 11) is 0. The highest BCUT2D eigenvalue weighted by molar-refractivity contribution is 6.31. The summed E-state index contributed by atoms with van der Waals surface area (Å²) in [6.07, 6.45) is 1.77. The Bertz CT molecular complexity index is 786. The van der Waals surface area contributed by atoms with Gasteiger partial charge in [0.1, 0.15) is 6.54 Å². The van der Waals surface area contributed by atoms with Gasteiger partial charge in [0.2, 0.25) is 0 Å². The summed E-state index contributed by atoms with van der Waals surface area (Å²) in [6.45, 7) is 1.32. The number of benzene rings is 2. The topological polar surface area (TPSA) is 52.3 Å². The van der Waals surface area contributed by atoms with Crippen LogP contribution in [0.5, 0.6) is 0 Å². The first-order chi connectivity index (χ1) is 12.0. The van der Waals surface area contributed by atoms with Crippen molar-refractivity contribution in [3.63, 3.8) is 0 Å². The van der Waals surface area contributed by atoms with E-state index in [0.29, 0.717) is 27.7 Å². The number of nitrogens with zero attached hydrogens (tertiary/aromatic N) is 1. The number of carbonyl (C=O) groups is 1. The van der Waals surface area contributed by atoms with E-state index >= 15 is 0 Å². The summed E-state index contributed by atoms with van der Waals surface area (Å²) in [4.78, 5) is 12.4. The third-order valence-corrected chi connectivity index (χ3v) is 4.77. The molecule has 25 heavy (non-hydrogen) atoms. The smallest absolute Gasteiger partial charge is 0.367 e. The third kappa shape index (κ3) is 4.53. The molecule has 6 heteroatoms. The van der Waals surface area contributed by atoms with Crippen LogP contribution in [0.15, 0.2) is 48.5 Å². The summed E-state index contributed by atoms with van der Waals surface area (Å²) < 4.78 is 1.89. The van der Waals surface area contributed by atoms with E-state index < -0.39 is 0 Å². The minimum absolute atomic E-state index is 0.0219. The molecule has 4 nitrogen and oxygen atoms in total. The molecule has 3 rings (SSSR count). The molecule has 2 aromatic rings. The van der Waals surface area contributed by atoms with E-state index in [1.165, 1.54) is 0 Å². The molecular formula is C19H19Cl2N2O2+. The highest BCUT2D eigenvalue weighted by atomic mass is 35.5. The SMILES string of the molecule is O=C(N[C@@H]1CCC[N+](=C(O)c2ccc(Cl)cc2)C1)c1ccc(Cl)cc1. The van der Waals surface area contributed by atoms with Crippen LogP contribution in [0.3, 0.4) is 0 Å². The van der Waals surface area contributed by atoms with Gasteiger partial charge in [0, 0.05) is 22.0 Å². The molecule has 1 amide bonds. The Kier molecular flexibility index (Phi) is 5.61. The molecule has 1 aliphatic heterocycles. The number of halogens is 2. The first-order valence-electron chi connectivity index (χ1n) is 8.16. The highest BCUT2D eigenvalue weighted by Crippen LogP contribution is 2.14. The van der Waals surface area contributed by atoms with E-state index in [1.807, 2.05) is 4.58 Å². The zero-order valence-corrected chi connectivity index (χ0v) is 15.1. The summed E-state index contributed by atoms with van der Waals surface area (Å²) in [5.74, 6) is 0.0802. The van der Waals surface area contributed by atoms with Gasteiger partial charge in [-0.15, -0.1) is 0 Å². The van der Waals surface area contributed by atoms with Gasteiger partial charge in [-0.3, -0.25) is 4.79 Å². The second kappa shape index (κ2) is 7.89. The number of hydrogen-bond donors (Lipinski definition) is 2. The number of aliphatic hydroxyl groups excluding tert-OH is 1. The Morgan fingerprint density at radius 1 is 1.00 bits per heavy atom. The predicted octanol–water partition coefficient (Wildman–Crippen LogP) is 3.90. The van der Waals surface area contributed by atoms with Crippen LogP contribution in [0.25, 0.3) is 0 Å². The van der Waals surface area contributed by atoms with Crippen molar-refractivity contribution in [2.45, 2.75) is 18.9 Å². The zero-order valence-electron chi connectivity index (χ0n) is 13.6. The maximum absolute atomic E-state index is 12.4. The fourth-order valence-corrected chi connectivity index (χ4v) is 3.19. The molecule has 1 heterocycles. The van der Waals surface area contributed by atoms with Gasteiger partial charge in [-0.2, -0.15) is 4.58 Å². The van der Waals surface area contributed by atoms with Gasteiger partial charge in [0.05, 0.1) is 11.6 Å². The van der Waals surface area contributed by atoms with Crippen molar-refractivity contribution in [1.29, 1.82) is 0 Å². The van der Waals surface area contributed by atoms with E-state index in [9.17, 15) is 9.90 Å². The molecule has 0 aromatic heterocycles. The van der Waals surface area contributed by atoms with Gasteiger partial charge < -0.3 is 10.4 Å². The van der Waals surface area contributed by atoms with E-state index in [1.54, 1.807) is 48.5 Å². The monoisotopic (exact) mass is 377 g/mol. The van der Waals surface area contributed by atoms with Crippen molar-refractivity contribution in [3.05, 3.63) is 69.7 Å². The number of hydrogen-bond acceptors (Lipinski definition) is 1. The lowest BCUT2D eigenvalue weighted by Crippen LogP contribution is -2.46.